The Kier molecular flexibility index (Phi) is 10.5. The highest BCUT2D eigenvalue weighted by Gasteiger charge is 2.41. The third-order valence-electron chi connectivity index (χ3n) is 6.96. The molecule has 0 saturated carbocycles. The molecule has 2 atom stereocenters. The molecule has 0 fully saturated rings. The Hall–Kier alpha value is -1.82. The first-order valence-corrected chi connectivity index (χ1v) is 11.8. The topological polar surface area (TPSA) is 41.9 Å². The first-order valence-electron chi connectivity index (χ1n) is 11.8. The average Bonchev–Trinajstić information content (AvgIpc) is 2.80. The van der Waals surface area contributed by atoms with Gasteiger partial charge in [0.2, 0.25) is 0 Å². The number of aryl methyl sites for hydroxylation is 1. The molecular formula is C27H39ClFNO3. The number of fused-ring (bicyclic) bond motifs is 1. The fourth-order valence-corrected chi connectivity index (χ4v) is 4.93. The molecule has 3 rings (SSSR count). The molecule has 33 heavy (non-hydrogen) atoms. The smallest absolute Gasteiger partial charge is 0.160 e. The minimum absolute atomic E-state index is 0. The van der Waals surface area contributed by atoms with E-state index in [2.05, 4.69) is 24.9 Å². The molecule has 184 valence electrons. The molecule has 2 aromatic rings. The van der Waals surface area contributed by atoms with Gasteiger partial charge in [0.05, 0.1) is 19.8 Å². The zero-order valence-corrected chi connectivity index (χ0v) is 21.2. The standard InChI is InChI=1S/C27H38FNO3.ClH/c1-5-6-7-24-23-10-9-22(28)19-21(23)12-14-27(24,30)15-17-29(2)16-13-20-8-11-25(31-3)26(18-20)32-4;/h8-11,18-19,24,30H,5-7,12-17H2,1-4H3;1H/t24-,27-;/m0./s1. The highest BCUT2D eigenvalue weighted by molar-refractivity contribution is 5.85. The molecule has 0 saturated heterocycles. The number of nitrogens with zero attached hydrogens (tertiary/aromatic N) is 1. The van der Waals surface area contributed by atoms with E-state index in [0.717, 1.165) is 74.2 Å². The van der Waals surface area contributed by atoms with Crippen LogP contribution in [0.1, 0.15) is 61.6 Å². The molecule has 0 heterocycles. The van der Waals surface area contributed by atoms with Crippen LogP contribution in [0.2, 0.25) is 0 Å². The molecule has 6 heteroatoms. The minimum Gasteiger partial charge on any atom is -0.493 e. The average molecular weight is 480 g/mol. The van der Waals surface area contributed by atoms with Crippen LogP contribution in [-0.4, -0.2) is 50.0 Å². The number of hydrogen-bond donors (Lipinski definition) is 1. The molecule has 1 aliphatic rings. The van der Waals surface area contributed by atoms with Gasteiger partial charge in [0.25, 0.3) is 0 Å². The second-order valence-electron chi connectivity index (χ2n) is 9.13. The predicted molar refractivity (Wildman–Crippen MR) is 135 cm³/mol. The van der Waals surface area contributed by atoms with Crippen molar-refractivity contribution in [1.82, 2.24) is 4.90 Å². The second-order valence-corrected chi connectivity index (χ2v) is 9.13. The maximum Gasteiger partial charge on any atom is 0.160 e. The number of halogens is 2. The van der Waals surface area contributed by atoms with Crippen LogP contribution < -0.4 is 9.47 Å². The van der Waals surface area contributed by atoms with Gasteiger partial charge in [-0.25, -0.2) is 4.39 Å². The van der Waals surface area contributed by atoms with Crippen molar-refractivity contribution in [2.24, 2.45) is 0 Å². The highest BCUT2D eigenvalue weighted by Crippen LogP contribution is 2.44. The lowest BCUT2D eigenvalue weighted by Crippen LogP contribution is -2.43. The van der Waals surface area contributed by atoms with Crippen LogP contribution in [0, 0.1) is 5.82 Å². The van der Waals surface area contributed by atoms with E-state index in [0.29, 0.717) is 6.42 Å². The van der Waals surface area contributed by atoms with Gasteiger partial charge in [-0.3, -0.25) is 0 Å². The van der Waals surface area contributed by atoms with Crippen LogP contribution in [0.15, 0.2) is 36.4 Å². The Labute approximate surface area is 204 Å². The minimum atomic E-state index is -0.738. The van der Waals surface area contributed by atoms with E-state index in [4.69, 9.17) is 9.47 Å². The first kappa shape index (κ1) is 27.4. The Balaban J connectivity index is 0.00000385. The number of benzene rings is 2. The third-order valence-corrected chi connectivity index (χ3v) is 6.96. The predicted octanol–water partition coefficient (Wildman–Crippen LogP) is 5.78. The third kappa shape index (κ3) is 6.84. The van der Waals surface area contributed by atoms with Gasteiger partial charge < -0.3 is 19.5 Å². The van der Waals surface area contributed by atoms with Crippen molar-refractivity contribution in [3.63, 3.8) is 0 Å². The molecule has 1 aliphatic carbocycles. The Morgan fingerprint density at radius 2 is 1.85 bits per heavy atom. The van der Waals surface area contributed by atoms with Gasteiger partial charge in [-0.05, 0) is 80.1 Å². The zero-order valence-electron chi connectivity index (χ0n) is 20.4. The monoisotopic (exact) mass is 479 g/mol. The molecule has 0 radical (unpaired) electrons. The summed E-state index contributed by atoms with van der Waals surface area (Å²) in [6.07, 6.45) is 6.16. The zero-order chi connectivity index (χ0) is 23.1. The fraction of sp³-hybridized carbons (Fsp3) is 0.556. The van der Waals surface area contributed by atoms with Crippen LogP contribution in [0.25, 0.3) is 0 Å². The van der Waals surface area contributed by atoms with E-state index < -0.39 is 5.60 Å². The van der Waals surface area contributed by atoms with Gasteiger partial charge in [-0.15, -0.1) is 12.4 Å². The normalized spacial score (nSPS) is 19.7. The van der Waals surface area contributed by atoms with E-state index >= 15 is 0 Å². The van der Waals surface area contributed by atoms with Crippen LogP contribution in [-0.2, 0) is 12.8 Å². The van der Waals surface area contributed by atoms with Crippen molar-refractivity contribution in [3.8, 4) is 11.5 Å². The SMILES string of the molecule is CCCC[C@H]1c2ccc(F)cc2CC[C@]1(O)CCN(C)CCc1ccc(OC)c(OC)c1.Cl. The molecule has 0 aromatic heterocycles. The Morgan fingerprint density at radius 1 is 1.09 bits per heavy atom. The summed E-state index contributed by atoms with van der Waals surface area (Å²) in [4.78, 5) is 2.28. The lowest BCUT2D eigenvalue weighted by molar-refractivity contribution is -0.0197. The number of likely N-dealkylation sites (N-methyl/N-ethyl adjacent to an activating group) is 1. The van der Waals surface area contributed by atoms with Crippen molar-refractivity contribution < 1.29 is 19.0 Å². The summed E-state index contributed by atoms with van der Waals surface area (Å²) in [5.74, 6) is 1.38. The molecule has 0 amide bonds. The van der Waals surface area contributed by atoms with Crippen LogP contribution in [0.4, 0.5) is 4.39 Å². The van der Waals surface area contributed by atoms with Gasteiger partial charge in [0, 0.05) is 19.0 Å². The molecule has 0 aliphatic heterocycles. The number of rotatable bonds is 11. The van der Waals surface area contributed by atoms with Gasteiger partial charge in [0.1, 0.15) is 5.82 Å². The molecule has 1 N–H and O–H groups in total. The van der Waals surface area contributed by atoms with Crippen molar-refractivity contribution in [2.75, 3.05) is 34.4 Å². The van der Waals surface area contributed by atoms with E-state index in [1.807, 2.05) is 18.2 Å². The van der Waals surface area contributed by atoms with Crippen LogP contribution >= 0.6 is 12.4 Å². The first-order chi connectivity index (χ1) is 15.4. The maximum atomic E-state index is 13.8. The molecule has 0 unspecified atom stereocenters. The summed E-state index contributed by atoms with van der Waals surface area (Å²) in [6.45, 7) is 3.89. The highest BCUT2D eigenvalue weighted by atomic mass is 35.5. The van der Waals surface area contributed by atoms with Crippen molar-refractivity contribution >= 4 is 12.4 Å². The number of aliphatic hydroxyl groups is 1. The summed E-state index contributed by atoms with van der Waals surface area (Å²) in [7, 11) is 5.40. The van der Waals surface area contributed by atoms with Crippen molar-refractivity contribution in [3.05, 3.63) is 58.9 Å². The quantitative estimate of drug-likeness (QED) is 0.443. The lowest BCUT2D eigenvalue weighted by atomic mass is 9.68. The van der Waals surface area contributed by atoms with Gasteiger partial charge >= 0.3 is 0 Å². The summed E-state index contributed by atoms with van der Waals surface area (Å²) in [5.41, 5.74) is 2.67. The maximum absolute atomic E-state index is 13.8. The van der Waals surface area contributed by atoms with E-state index in [9.17, 15) is 9.50 Å². The molecule has 0 bridgehead atoms. The van der Waals surface area contributed by atoms with Crippen LogP contribution in [0.5, 0.6) is 11.5 Å². The molecule has 0 spiro atoms. The van der Waals surface area contributed by atoms with E-state index in [1.165, 1.54) is 5.56 Å². The number of ether oxygens (including phenoxy) is 2. The summed E-state index contributed by atoms with van der Waals surface area (Å²) in [5, 5.41) is 11.7. The van der Waals surface area contributed by atoms with E-state index in [-0.39, 0.29) is 24.1 Å². The van der Waals surface area contributed by atoms with Gasteiger partial charge in [-0.2, -0.15) is 0 Å². The number of hydrogen-bond acceptors (Lipinski definition) is 4. The largest absolute Gasteiger partial charge is 0.493 e. The molecule has 2 aromatic carbocycles. The van der Waals surface area contributed by atoms with E-state index in [1.54, 1.807) is 26.4 Å². The summed E-state index contributed by atoms with van der Waals surface area (Å²) >= 11 is 0. The summed E-state index contributed by atoms with van der Waals surface area (Å²) < 4.78 is 24.5. The van der Waals surface area contributed by atoms with Gasteiger partial charge in [0.15, 0.2) is 11.5 Å². The number of methoxy groups -OCH3 is 2. The number of unbranched alkanes of at least 4 members (excludes halogenated alkanes) is 1. The van der Waals surface area contributed by atoms with Crippen LogP contribution in [0.3, 0.4) is 0 Å². The van der Waals surface area contributed by atoms with Crippen molar-refractivity contribution in [1.29, 1.82) is 0 Å². The molecular weight excluding hydrogens is 441 g/mol. The lowest BCUT2D eigenvalue weighted by Gasteiger charge is -2.42. The van der Waals surface area contributed by atoms with Crippen molar-refractivity contribution in [2.45, 2.75) is 63.4 Å². The second kappa shape index (κ2) is 12.6. The Bertz CT molecular complexity index is 894. The van der Waals surface area contributed by atoms with Gasteiger partial charge in [-0.1, -0.05) is 31.9 Å². The summed E-state index contributed by atoms with van der Waals surface area (Å²) in [6, 6.07) is 11.1. The Morgan fingerprint density at radius 3 is 2.55 bits per heavy atom. The molecule has 4 nitrogen and oxygen atoms in total. The fourth-order valence-electron chi connectivity index (χ4n) is 4.93.